The second-order valence-electron chi connectivity index (χ2n) is 7.20. The predicted octanol–water partition coefficient (Wildman–Crippen LogP) is 4.35. The zero-order valence-corrected chi connectivity index (χ0v) is 13.1. The molecule has 2 heteroatoms. The number of likely N-dealkylation sites (tertiary alicyclic amines) is 1. The standard InChI is InChI=1S/C18H24ClN/c1-20-9-8-15-13(11-20)4-7-17-16(15)6-3-12-2-5-14(19)10-18(12)17/h2,5,10,13,15-17H,3-4,6-9,11H2,1H3/t13-,15-,16+,17-/m0/s1. The third-order valence-corrected chi connectivity index (χ3v) is 6.40. The van der Waals surface area contributed by atoms with Gasteiger partial charge in [0, 0.05) is 11.6 Å². The van der Waals surface area contributed by atoms with E-state index in [1.807, 2.05) is 0 Å². The van der Waals surface area contributed by atoms with Crippen LogP contribution >= 0.6 is 11.6 Å². The van der Waals surface area contributed by atoms with Gasteiger partial charge in [0.25, 0.3) is 0 Å². The quantitative estimate of drug-likeness (QED) is 0.686. The average Bonchev–Trinajstić information content (AvgIpc) is 2.46. The van der Waals surface area contributed by atoms with Crippen LogP contribution in [0.25, 0.3) is 0 Å². The first-order valence-electron chi connectivity index (χ1n) is 8.19. The fourth-order valence-electron chi connectivity index (χ4n) is 5.27. The Kier molecular flexibility index (Phi) is 3.31. The summed E-state index contributed by atoms with van der Waals surface area (Å²) in [6.45, 7) is 2.63. The van der Waals surface area contributed by atoms with E-state index in [2.05, 4.69) is 30.1 Å². The maximum Gasteiger partial charge on any atom is 0.0409 e. The molecular weight excluding hydrogens is 266 g/mol. The summed E-state index contributed by atoms with van der Waals surface area (Å²) in [5, 5.41) is 0.926. The van der Waals surface area contributed by atoms with E-state index in [-0.39, 0.29) is 0 Å². The Morgan fingerprint density at radius 3 is 2.90 bits per heavy atom. The molecule has 1 heterocycles. The zero-order chi connectivity index (χ0) is 13.7. The number of fused-ring (bicyclic) bond motifs is 5. The predicted molar refractivity (Wildman–Crippen MR) is 84.3 cm³/mol. The molecule has 0 spiro atoms. The lowest BCUT2D eigenvalue weighted by molar-refractivity contribution is 0.0385. The fourth-order valence-corrected chi connectivity index (χ4v) is 5.45. The third kappa shape index (κ3) is 2.10. The minimum Gasteiger partial charge on any atom is -0.306 e. The lowest BCUT2D eigenvalue weighted by Crippen LogP contribution is -2.46. The van der Waals surface area contributed by atoms with Crippen LogP contribution < -0.4 is 0 Å². The molecule has 1 nitrogen and oxygen atoms in total. The van der Waals surface area contributed by atoms with Crippen molar-refractivity contribution in [1.29, 1.82) is 0 Å². The van der Waals surface area contributed by atoms with Crippen LogP contribution in [-0.4, -0.2) is 25.0 Å². The van der Waals surface area contributed by atoms with Crippen molar-refractivity contribution < 1.29 is 0 Å². The van der Waals surface area contributed by atoms with E-state index < -0.39 is 0 Å². The fraction of sp³-hybridized carbons (Fsp3) is 0.667. The molecule has 1 saturated heterocycles. The van der Waals surface area contributed by atoms with Gasteiger partial charge in [0.1, 0.15) is 0 Å². The first-order valence-corrected chi connectivity index (χ1v) is 8.57. The van der Waals surface area contributed by atoms with Crippen LogP contribution in [0.4, 0.5) is 0 Å². The van der Waals surface area contributed by atoms with Crippen LogP contribution in [0.3, 0.4) is 0 Å². The van der Waals surface area contributed by atoms with Crippen molar-refractivity contribution >= 4 is 11.6 Å². The Bertz CT molecular complexity index is 512. The van der Waals surface area contributed by atoms with Crippen molar-refractivity contribution in [1.82, 2.24) is 4.90 Å². The maximum absolute atomic E-state index is 6.26. The van der Waals surface area contributed by atoms with Gasteiger partial charge in [0.15, 0.2) is 0 Å². The van der Waals surface area contributed by atoms with Gasteiger partial charge in [-0.2, -0.15) is 0 Å². The normalized spacial score (nSPS) is 36.9. The molecule has 108 valence electrons. The largest absolute Gasteiger partial charge is 0.306 e. The Labute approximate surface area is 127 Å². The molecule has 0 radical (unpaired) electrons. The van der Waals surface area contributed by atoms with Gasteiger partial charge in [0.2, 0.25) is 0 Å². The first-order chi connectivity index (χ1) is 9.72. The first kappa shape index (κ1) is 13.2. The Hall–Kier alpha value is -0.530. The summed E-state index contributed by atoms with van der Waals surface area (Å²) in [5.41, 5.74) is 3.16. The molecule has 0 amide bonds. The van der Waals surface area contributed by atoms with Crippen molar-refractivity contribution in [3.63, 3.8) is 0 Å². The molecule has 2 aliphatic carbocycles. The van der Waals surface area contributed by atoms with Crippen molar-refractivity contribution in [3.05, 3.63) is 34.3 Å². The molecule has 1 saturated carbocycles. The van der Waals surface area contributed by atoms with E-state index in [4.69, 9.17) is 11.6 Å². The van der Waals surface area contributed by atoms with Crippen molar-refractivity contribution in [2.75, 3.05) is 20.1 Å². The summed E-state index contributed by atoms with van der Waals surface area (Å²) in [4.78, 5) is 2.54. The minimum atomic E-state index is 0.794. The van der Waals surface area contributed by atoms with Gasteiger partial charge in [-0.25, -0.2) is 0 Å². The lowest BCUT2D eigenvalue weighted by Gasteiger charge is -2.50. The molecule has 0 aromatic heterocycles. The number of rotatable bonds is 0. The molecule has 0 unspecified atom stereocenters. The zero-order valence-electron chi connectivity index (χ0n) is 12.3. The molecule has 3 aliphatic rings. The smallest absolute Gasteiger partial charge is 0.0409 e. The highest BCUT2D eigenvalue weighted by molar-refractivity contribution is 6.30. The topological polar surface area (TPSA) is 3.24 Å². The van der Waals surface area contributed by atoms with E-state index in [1.54, 1.807) is 11.1 Å². The van der Waals surface area contributed by atoms with E-state index >= 15 is 0 Å². The van der Waals surface area contributed by atoms with E-state index in [9.17, 15) is 0 Å². The number of benzene rings is 1. The molecule has 4 atom stereocenters. The number of halogens is 1. The van der Waals surface area contributed by atoms with Crippen molar-refractivity contribution in [2.45, 2.75) is 38.0 Å². The van der Waals surface area contributed by atoms with Crippen LogP contribution in [0.2, 0.25) is 5.02 Å². The van der Waals surface area contributed by atoms with E-state index in [0.29, 0.717) is 0 Å². The summed E-state index contributed by atoms with van der Waals surface area (Å²) in [6.07, 6.45) is 6.89. The second-order valence-corrected chi connectivity index (χ2v) is 7.64. The number of hydrogen-bond donors (Lipinski definition) is 0. The summed E-state index contributed by atoms with van der Waals surface area (Å²) in [6, 6.07) is 6.61. The summed E-state index contributed by atoms with van der Waals surface area (Å²) in [5.74, 6) is 3.64. The lowest BCUT2D eigenvalue weighted by atomic mass is 9.58. The second kappa shape index (κ2) is 5.03. The van der Waals surface area contributed by atoms with Gasteiger partial charge >= 0.3 is 0 Å². The highest BCUT2D eigenvalue weighted by atomic mass is 35.5. The van der Waals surface area contributed by atoms with Crippen LogP contribution in [-0.2, 0) is 6.42 Å². The van der Waals surface area contributed by atoms with E-state index in [1.165, 1.54) is 45.2 Å². The highest BCUT2D eigenvalue weighted by Gasteiger charge is 2.43. The molecule has 0 bridgehead atoms. The maximum atomic E-state index is 6.26. The minimum absolute atomic E-state index is 0.794. The Morgan fingerprint density at radius 1 is 1.10 bits per heavy atom. The van der Waals surface area contributed by atoms with E-state index in [0.717, 1.165) is 28.7 Å². The van der Waals surface area contributed by atoms with Gasteiger partial charge < -0.3 is 4.90 Å². The summed E-state index contributed by atoms with van der Waals surface area (Å²) >= 11 is 6.26. The average molecular weight is 290 g/mol. The number of piperidine rings is 1. The summed E-state index contributed by atoms with van der Waals surface area (Å²) in [7, 11) is 2.29. The number of hydrogen-bond acceptors (Lipinski definition) is 1. The van der Waals surface area contributed by atoms with Crippen LogP contribution in [0.5, 0.6) is 0 Å². The number of nitrogens with zero attached hydrogens (tertiary/aromatic N) is 1. The molecular formula is C18H24ClN. The van der Waals surface area contributed by atoms with Gasteiger partial charge in [-0.3, -0.25) is 0 Å². The number of aryl methyl sites for hydroxylation is 1. The van der Waals surface area contributed by atoms with Crippen LogP contribution in [0.15, 0.2) is 18.2 Å². The molecule has 0 N–H and O–H groups in total. The van der Waals surface area contributed by atoms with Gasteiger partial charge in [-0.1, -0.05) is 17.7 Å². The van der Waals surface area contributed by atoms with Crippen LogP contribution in [0.1, 0.15) is 42.7 Å². The Balaban J connectivity index is 1.65. The van der Waals surface area contributed by atoms with Crippen molar-refractivity contribution in [3.8, 4) is 0 Å². The molecule has 20 heavy (non-hydrogen) atoms. The van der Waals surface area contributed by atoms with Crippen molar-refractivity contribution in [2.24, 2.45) is 17.8 Å². The SMILES string of the molecule is CN1CC[C@H]2[C@@H](CC[C@@H]3c4cc(Cl)ccc4CC[C@H]23)C1. The highest BCUT2D eigenvalue weighted by Crippen LogP contribution is 2.52. The molecule has 1 aliphatic heterocycles. The molecule has 1 aromatic carbocycles. The van der Waals surface area contributed by atoms with Gasteiger partial charge in [-0.05, 0) is 92.6 Å². The van der Waals surface area contributed by atoms with Crippen LogP contribution in [0, 0.1) is 17.8 Å². The molecule has 4 rings (SSSR count). The monoisotopic (exact) mass is 289 g/mol. The van der Waals surface area contributed by atoms with Gasteiger partial charge in [0.05, 0.1) is 0 Å². The molecule has 1 aromatic rings. The third-order valence-electron chi connectivity index (χ3n) is 6.17. The van der Waals surface area contributed by atoms with Gasteiger partial charge in [-0.15, -0.1) is 0 Å². The Morgan fingerprint density at radius 2 is 2.00 bits per heavy atom. The molecule has 2 fully saturated rings. The summed E-state index contributed by atoms with van der Waals surface area (Å²) < 4.78 is 0.